The molecule has 0 bridgehead atoms. The number of alkyl halides is 12. The molecule has 0 aliphatic heterocycles. The van der Waals surface area contributed by atoms with Crippen molar-refractivity contribution in [1.82, 2.24) is 13.2 Å². The summed E-state index contributed by atoms with van der Waals surface area (Å²) in [4.78, 5) is 2.40. The summed E-state index contributed by atoms with van der Waals surface area (Å²) in [6.45, 7) is 8.74. The van der Waals surface area contributed by atoms with E-state index in [0.29, 0.717) is 0 Å². The van der Waals surface area contributed by atoms with Gasteiger partial charge in [-0.3, -0.25) is 0 Å². The first kappa shape index (κ1) is 43.3. The van der Waals surface area contributed by atoms with Crippen molar-refractivity contribution in [2.75, 3.05) is 33.4 Å². The van der Waals surface area contributed by atoms with E-state index in [1.807, 2.05) is 0 Å². The van der Waals surface area contributed by atoms with E-state index in [1.165, 1.54) is 6.54 Å². The van der Waals surface area contributed by atoms with Crippen LogP contribution in [0.4, 0.5) is 52.7 Å². The Bertz CT molecular complexity index is 1020. The van der Waals surface area contributed by atoms with Gasteiger partial charge in [0.05, 0.1) is 0 Å². The van der Waals surface area contributed by atoms with Crippen LogP contribution in [0.3, 0.4) is 0 Å². The van der Waals surface area contributed by atoms with Gasteiger partial charge < -0.3 is 9.64 Å². The van der Waals surface area contributed by atoms with Gasteiger partial charge in [0.2, 0.25) is 0 Å². The lowest BCUT2D eigenvalue weighted by molar-refractivity contribution is -0.0487. The Hall–Kier alpha value is -1.20. The minimum atomic E-state index is -6.60. The van der Waals surface area contributed by atoms with E-state index in [4.69, 9.17) is 4.74 Å². The maximum absolute atomic E-state index is 11.5. The van der Waals surface area contributed by atoms with E-state index in [2.05, 4.69) is 18.7 Å². The molecule has 0 heterocycles. The number of rotatable bonds is 10. The maximum Gasteiger partial charge on any atom is 0.512 e. The first-order chi connectivity index (χ1) is 17.3. The molecule has 0 spiro atoms. The Kier molecular flexibility index (Phi) is 16.6. The number of nitrogens with one attached hydrogen (secondary N) is 2. The van der Waals surface area contributed by atoms with E-state index in [-0.39, 0.29) is 0 Å². The molecule has 2 N–H and O–H groups in total. The summed E-state index contributed by atoms with van der Waals surface area (Å²) in [7, 11) is -24.6. The highest BCUT2D eigenvalue weighted by Gasteiger charge is 2.56. The molecule has 0 fully saturated rings. The van der Waals surface area contributed by atoms with Gasteiger partial charge in [0, 0.05) is 20.3 Å². The molecule has 12 nitrogen and oxygen atoms in total. The molecular weight excluding hydrogens is 686 g/mol. The molecule has 246 valence electrons. The van der Waals surface area contributed by atoms with Gasteiger partial charge in [0.15, 0.2) is 0 Å². The SMILES string of the molecule is CCN(CC)CCCOC.O=S(=O)(NS(=O)(=O)C(F)(F)F)C(F)(F)F.O=S(=O)(NS(=O)(=O)C(F)(F)F)C(F)(F)F. The van der Waals surface area contributed by atoms with Gasteiger partial charge in [0.25, 0.3) is 0 Å². The van der Waals surface area contributed by atoms with E-state index in [9.17, 15) is 86.4 Å². The molecule has 0 atom stereocenters. The zero-order valence-corrected chi connectivity index (χ0v) is 23.1. The Morgan fingerprint density at radius 2 is 0.775 bits per heavy atom. The number of ether oxygens (including phenoxy) is 1. The Morgan fingerprint density at radius 3 is 0.925 bits per heavy atom. The zero-order valence-electron chi connectivity index (χ0n) is 19.8. The van der Waals surface area contributed by atoms with Crippen LogP contribution in [0.2, 0.25) is 0 Å². The molecular formula is C12H21F12N3O9S4. The van der Waals surface area contributed by atoms with E-state index in [1.54, 1.807) is 7.11 Å². The second-order valence-electron chi connectivity index (χ2n) is 6.34. The molecule has 40 heavy (non-hydrogen) atoms. The molecule has 0 aromatic heterocycles. The number of hydrogen-bond acceptors (Lipinski definition) is 10. The highest BCUT2D eigenvalue weighted by molar-refractivity contribution is 8.06. The van der Waals surface area contributed by atoms with Crippen molar-refractivity contribution in [2.45, 2.75) is 42.3 Å². The summed E-state index contributed by atoms with van der Waals surface area (Å²) in [6.07, 6.45) is 1.15. The van der Waals surface area contributed by atoms with E-state index in [0.717, 1.165) is 26.1 Å². The topological polar surface area (TPSA) is 173 Å². The van der Waals surface area contributed by atoms with Gasteiger partial charge in [-0.05, 0) is 19.5 Å². The predicted molar refractivity (Wildman–Crippen MR) is 110 cm³/mol. The number of nitrogens with zero attached hydrogens (tertiary/aromatic N) is 1. The van der Waals surface area contributed by atoms with Crippen LogP contribution in [-0.2, 0) is 44.8 Å². The number of halogens is 12. The van der Waals surface area contributed by atoms with Crippen LogP contribution in [-0.4, -0.2) is 94.0 Å². The van der Waals surface area contributed by atoms with Crippen molar-refractivity contribution < 1.29 is 91.1 Å². The van der Waals surface area contributed by atoms with Crippen LogP contribution in [0.5, 0.6) is 0 Å². The van der Waals surface area contributed by atoms with Gasteiger partial charge >= 0.3 is 62.1 Å². The number of hydrogen-bond donors (Lipinski definition) is 2. The molecule has 0 saturated carbocycles. The van der Waals surface area contributed by atoms with Crippen LogP contribution in [0.1, 0.15) is 20.3 Å². The first-order valence-electron chi connectivity index (χ1n) is 9.29. The van der Waals surface area contributed by atoms with Crippen LogP contribution in [0.25, 0.3) is 0 Å². The van der Waals surface area contributed by atoms with Crippen molar-refractivity contribution in [3.63, 3.8) is 0 Å². The van der Waals surface area contributed by atoms with Crippen LogP contribution >= 0.6 is 0 Å². The second-order valence-corrected chi connectivity index (χ2v) is 13.5. The van der Waals surface area contributed by atoms with Gasteiger partial charge in [-0.1, -0.05) is 22.1 Å². The molecule has 0 aromatic rings. The fraction of sp³-hybridized carbons (Fsp3) is 1.00. The predicted octanol–water partition coefficient (Wildman–Crippen LogP) is 1.92. The molecule has 0 rings (SSSR count). The third-order valence-corrected chi connectivity index (χ3v) is 9.32. The standard InChI is InChI=1S/C8H19NO.2C2HF6NO4S2/c1-4-9(5-2)7-6-8-10-3;2*3-1(4,5)14(10,11)9-15(12,13)2(6,7)8/h4-8H2,1-3H3;2*9H. The highest BCUT2D eigenvalue weighted by atomic mass is 32.3. The van der Waals surface area contributed by atoms with E-state index < -0.39 is 70.4 Å². The molecule has 28 heteroatoms. The fourth-order valence-electron chi connectivity index (χ4n) is 1.45. The highest BCUT2D eigenvalue weighted by Crippen LogP contribution is 2.28. The lowest BCUT2D eigenvalue weighted by Crippen LogP contribution is -2.45. The Balaban J connectivity index is -0.000000525. The summed E-state index contributed by atoms with van der Waals surface area (Å²) in [5, 5.41) is 0. The van der Waals surface area contributed by atoms with Crippen LogP contribution < -0.4 is 8.25 Å². The van der Waals surface area contributed by atoms with Crippen molar-refractivity contribution >= 4 is 40.1 Å². The van der Waals surface area contributed by atoms with Gasteiger partial charge in [-0.15, -0.1) is 0 Å². The Morgan fingerprint density at radius 1 is 0.550 bits per heavy atom. The summed E-state index contributed by atoms with van der Waals surface area (Å²) in [6, 6.07) is 0. The molecule has 0 radical (unpaired) electrons. The monoisotopic (exact) mass is 707 g/mol. The molecule has 0 unspecified atom stereocenters. The van der Waals surface area contributed by atoms with Gasteiger partial charge in [-0.2, -0.15) is 52.7 Å². The average Bonchev–Trinajstić information content (AvgIpc) is 2.67. The lowest BCUT2D eigenvalue weighted by atomic mass is 10.4. The zero-order chi connectivity index (χ0) is 33.2. The molecule has 0 amide bonds. The van der Waals surface area contributed by atoms with Crippen molar-refractivity contribution in [1.29, 1.82) is 0 Å². The summed E-state index contributed by atoms with van der Waals surface area (Å²) >= 11 is 0. The van der Waals surface area contributed by atoms with Crippen molar-refractivity contribution in [3.05, 3.63) is 0 Å². The van der Waals surface area contributed by atoms with Crippen LogP contribution in [0, 0.1) is 0 Å². The summed E-state index contributed by atoms with van der Waals surface area (Å²) in [5.41, 5.74) is -24.6. The normalized spacial score (nSPS) is 14.2. The smallest absolute Gasteiger partial charge is 0.385 e. The third kappa shape index (κ3) is 15.1. The van der Waals surface area contributed by atoms with Crippen molar-refractivity contribution in [3.8, 4) is 0 Å². The average molecular weight is 708 g/mol. The summed E-state index contributed by atoms with van der Waals surface area (Å²) in [5.74, 6) is 0. The maximum atomic E-state index is 11.5. The lowest BCUT2D eigenvalue weighted by Gasteiger charge is -2.16. The molecule has 0 saturated heterocycles. The molecule has 0 aliphatic rings. The largest absolute Gasteiger partial charge is 0.512 e. The van der Waals surface area contributed by atoms with Crippen molar-refractivity contribution in [2.24, 2.45) is 0 Å². The third-order valence-electron chi connectivity index (χ3n) is 3.37. The first-order valence-corrected chi connectivity index (χ1v) is 15.2. The minimum Gasteiger partial charge on any atom is -0.385 e. The van der Waals surface area contributed by atoms with Crippen LogP contribution in [0.15, 0.2) is 0 Å². The summed E-state index contributed by atoms with van der Waals surface area (Å²) < 4.78 is 222. The van der Waals surface area contributed by atoms with E-state index >= 15 is 0 Å². The second kappa shape index (κ2) is 15.3. The number of methoxy groups -OCH3 is 1. The Labute approximate surface area is 220 Å². The molecule has 0 aromatic carbocycles. The minimum absolute atomic E-state index is 0.493. The van der Waals surface area contributed by atoms with Gasteiger partial charge in [-0.25, -0.2) is 33.7 Å². The quantitative estimate of drug-likeness (QED) is 0.252. The fourth-order valence-corrected chi connectivity index (χ4v) is 5.27. The molecule has 0 aliphatic carbocycles. The van der Waals surface area contributed by atoms with Gasteiger partial charge in [0.1, 0.15) is 0 Å². The number of sulfonamides is 4.